The summed E-state index contributed by atoms with van der Waals surface area (Å²) in [7, 11) is 0. The largest absolute Gasteiger partial charge is 0.490 e. The monoisotopic (exact) mass is 690 g/mol. The summed E-state index contributed by atoms with van der Waals surface area (Å²) in [4.78, 5) is 51.6. The predicted molar refractivity (Wildman–Crippen MR) is 182 cm³/mol. The molecule has 1 atom stereocenters. The van der Waals surface area contributed by atoms with Crippen molar-refractivity contribution in [2.24, 2.45) is 0 Å². The van der Waals surface area contributed by atoms with Crippen LogP contribution in [0.1, 0.15) is 95.2 Å². The van der Waals surface area contributed by atoms with Crippen molar-refractivity contribution in [2.75, 3.05) is 13.2 Å². The number of amides is 3. The minimum Gasteiger partial charge on any atom is -0.490 e. The van der Waals surface area contributed by atoms with E-state index in [4.69, 9.17) is 28.8 Å². The Hall–Kier alpha value is -4.33. The van der Waals surface area contributed by atoms with Gasteiger partial charge in [-0.2, -0.15) is 5.10 Å². The number of nitrogens with one attached hydrogen (secondary N) is 1. The minimum atomic E-state index is -1.46. The van der Waals surface area contributed by atoms with E-state index in [0.717, 1.165) is 4.90 Å². The summed E-state index contributed by atoms with van der Waals surface area (Å²) >= 11 is 0. The number of aryl methyl sites for hydroxylation is 1. The standard InChI is InChI=1S/C35H54N4O10/c1-32(2,3)46-28(41)27(40)22-45-25-16-14-23(15-17-25)26-20-24(39(37-26)19-13-18-36-29(42)47-33(4,5)6)21-38(30(43)48-34(7,8)9)31(44)49-35(10,11)12/h14-17,20,27,40H,13,18-19,21-22H2,1-12H3,(H,36,42). The smallest absolute Gasteiger partial charge is 0.420 e. The number of hydrogen-bond acceptors (Lipinski definition) is 11. The quantitative estimate of drug-likeness (QED) is 0.156. The number of carbonyl (C=O) groups is 4. The van der Waals surface area contributed by atoms with Crippen LogP contribution in [0.2, 0.25) is 0 Å². The van der Waals surface area contributed by atoms with E-state index in [1.54, 1.807) is 118 Å². The number of alkyl carbamates (subject to hydrolysis) is 1. The van der Waals surface area contributed by atoms with Gasteiger partial charge in [-0.25, -0.2) is 24.1 Å². The molecule has 0 saturated carbocycles. The molecule has 1 aromatic heterocycles. The second-order valence-corrected chi connectivity index (χ2v) is 15.5. The Morgan fingerprint density at radius 2 is 1.31 bits per heavy atom. The third-order valence-corrected chi connectivity index (χ3v) is 5.86. The molecule has 0 spiro atoms. The Morgan fingerprint density at radius 1 is 0.796 bits per heavy atom. The molecule has 2 N–H and O–H groups in total. The van der Waals surface area contributed by atoms with Gasteiger partial charge in [0.05, 0.1) is 17.9 Å². The van der Waals surface area contributed by atoms with Crippen molar-refractivity contribution in [1.29, 1.82) is 0 Å². The summed E-state index contributed by atoms with van der Waals surface area (Å²) in [5.74, 6) is -0.379. The molecule has 2 aromatic rings. The molecule has 0 radical (unpaired) electrons. The predicted octanol–water partition coefficient (Wildman–Crippen LogP) is 6.22. The molecule has 0 aliphatic carbocycles. The Labute approximate surface area is 289 Å². The van der Waals surface area contributed by atoms with Gasteiger partial charge in [0, 0.05) is 18.7 Å². The second kappa shape index (κ2) is 16.4. The van der Waals surface area contributed by atoms with E-state index in [9.17, 15) is 24.3 Å². The summed E-state index contributed by atoms with van der Waals surface area (Å²) in [5, 5.41) is 17.6. The van der Waals surface area contributed by atoms with Gasteiger partial charge in [-0.3, -0.25) is 4.68 Å². The maximum atomic E-state index is 13.2. The first kappa shape index (κ1) is 40.8. The number of imide groups is 1. The van der Waals surface area contributed by atoms with Gasteiger partial charge in [-0.1, -0.05) is 0 Å². The van der Waals surface area contributed by atoms with E-state index in [1.165, 1.54) is 0 Å². The van der Waals surface area contributed by atoms with Gasteiger partial charge in [0.15, 0.2) is 6.10 Å². The minimum absolute atomic E-state index is 0.208. The summed E-state index contributed by atoms with van der Waals surface area (Å²) in [6, 6.07) is 8.55. The zero-order chi connectivity index (χ0) is 37.4. The Kier molecular flexibility index (Phi) is 13.7. The zero-order valence-corrected chi connectivity index (χ0v) is 31.0. The van der Waals surface area contributed by atoms with Crippen LogP contribution < -0.4 is 10.1 Å². The van der Waals surface area contributed by atoms with Gasteiger partial charge in [0.2, 0.25) is 0 Å². The number of benzene rings is 1. The molecule has 2 rings (SSSR count). The summed E-state index contributed by atoms with van der Waals surface area (Å²) < 4.78 is 28.8. The van der Waals surface area contributed by atoms with E-state index in [1.807, 2.05) is 0 Å². The summed E-state index contributed by atoms with van der Waals surface area (Å²) in [6.45, 7) is 20.7. The van der Waals surface area contributed by atoms with E-state index < -0.39 is 52.8 Å². The van der Waals surface area contributed by atoms with E-state index >= 15 is 0 Å². The molecule has 1 unspecified atom stereocenters. The van der Waals surface area contributed by atoms with Crippen molar-refractivity contribution in [2.45, 2.75) is 131 Å². The number of hydrogen-bond donors (Lipinski definition) is 2. The van der Waals surface area contributed by atoms with Gasteiger partial charge in [-0.05, 0) is 120 Å². The summed E-state index contributed by atoms with van der Waals surface area (Å²) in [5.41, 5.74) is -1.40. The number of aliphatic hydroxyl groups is 1. The molecule has 0 aliphatic rings. The van der Waals surface area contributed by atoms with Crippen molar-refractivity contribution in [3.63, 3.8) is 0 Å². The molecule has 49 heavy (non-hydrogen) atoms. The number of nitrogens with zero attached hydrogens (tertiary/aromatic N) is 3. The average Bonchev–Trinajstić information content (AvgIpc) is 3.31. The molecule has 14 nitrogen and oxygen atoms in total. The zero-order valence-electron chi connectivity index (χ0n) is 31.0. The van der Waals surface area contributed by atoms with Crippen LogP contribution in [-0.2, 0) is 36.8 Å². The van der Waals surface area contributed by atoms with Gasteiger partial charge in [0.1, 0.15) is 34.8 Å². The first-order valence-electron chi connectivity index (χ1n) is 16.2. The van der Waals surface area contributed by atoms with Gasteiger partial charge >= 0.3 is 24.2 Å². The average molecular weight is 691 g/mol. The number of aromatic nitrogens is 2. The SMILES string of the molecule is CC(C)(C)OC(=O)NCCCn1nc(-c2ccc(OCC(O)C(=O)OC(C)(C)C)cc2)cc1CN(C(=O)OC(C)(C)C)C(=O)OC(C)(C)C. The highest BCUT2D eigenvalue weighted by atomic mass is 16.6. The number of esters is 1. The fourth-order valence-electron chi connectivity index (χ4n) is 3.99. The van der Waals surface area contributed by atoms with Crippen LogP contribution in [0.4, 0.5) is 14.4 Å². The number of rotatable bonds is 11. The fourth-order valence-corrected chi connectivity index (χ4v) is 3.99. The van der Waals surface area contributed by atoms with Crippen LogP contribution in [-0.4, -0.2) is 85.7 Å². The molecule has 274 valence electrons. The Morgan fingerprint density at radius 3 is 1.80 bits per heavy atom. The highest BCUT2D eigenvalue weighted by molar-refractivity contribution is 5.88. The Balaban J connectivity index is 2.33. The van der Waals surface area contributed by atoms with Crippen LogP contribution in [0.15, 0.2) is 30.3 Å². The third kappa shape index (κ3) is 15.6. The van der Waals surface area contributed by atoms with Crippen molar-refractivity contribution in [3.05, 3.63) is 36.0 Å². The van der Waals surface area contributed by atoms with Gasteiger partial charge in [0.25, 0.3) is 0 Å². The molecule has 1 aromatic carbocycles. The molecule has 0 saturated heterocycles. The topological polar surface area (TPSA) is 168 Å². The van der Waals surface area contributed by atoms with Crippen LogP contribution >= 0.6 is 0 Å². The van der Waals surface area contributed by atoms with Crippen LogP contribution in [0, 0.1) is 0 Å². The van der Waals surface area contributed by atoms with Crippen molar-refractivity contribution in [3.8, 4) is 17.0 Å². The Bertz CT molecular complexity index is 1400. The number of aliphatic hydroxyl groups excluding tert-OH is 1. The van der Waals surface area contributed by atoms with E-state index in [2.05, 4.69) is 5.32 Å². The first-order chi connectivity index (χ1) is 22.3. The molecule has 14 heteroatoms. The van der Waals surface area contributed by atoms with Crippen molar-refractivity contribution >= 4 is 24.2 Å². The number of ether oxygens (including phenoxy) is 5. The fraction of sp³-hybridized carbons (Fsp3) is 0.629. The van der Waals surface area contributed by atoms with Crippen LogP contribution in [0.3, 0.4) is 0 Å². The van der Waals surface area contributed by atoms with Crippen LogP contribution in [0.5, 0.6) is 5.75 Å². The van der Waals surface area contributed by atoms with E-state index in [-0.39, 0.29) is 19.7 Å². The molecule has 3 amide bonds. The highest BCUT2D eigenvalue weighted by Crippen LogP contribution is 2.25. The first-order valence-corrected chi connectivity index (χ1v) is 16.2. The summed E-state index contributed by atoms with van der Waals surface area (Å²) in [6.07, 6.45) is -3.30. The second-order valence-electron chi connectivity index (χ2n) is 15.5. The molecule has 1 heterocycles. The molecule has 0 bridgehead atoms. The lowest BCUT2D eigenvalue weighted by molar-refractivity contribution is -0.166. The molecule has 0 aliphatic heterocycles. The third-order valence-electron chi connectivity index (χ3n) is 5.86. The molecular weight excluding hydrogens is 636 g/mol. The number of carbonyl (C=O) groups excluding carboxylic acids is 4. The van der Waals surface area contributed by atoms with E-state index in [0.29, 0.717) is 35.7 Å². The lowest BCUT2D eigenvalue weighted by Crippen LogP contribution is -2.43. The van der Waals surface area contributed by atoms with Crippen molar-refractivity contribution in [1.82, 2.24) is 20.0 Å². The maximum absolute atomic E-state index is 13.2. The van der Waals surface area contributed by atoms with Crippen molar-refractivity contribution < 1.29 is 48.0 Å². The van der Waals surface area contributed by atoms with Gasteiger partial charge < -0.3 is 34.1 Å². The van der Waals surface area contributed by atoms with Gasteiger partial charge in [-0.15, -0.1) is 0 Å². The molecule has 0 fully saturated rings. The maximum Gasteiger partial charge on any atom is 0.420 e. The normalized spacial score (nSPS) is 12.8. The molecular formula is C35H54N4O10. The van der Waals surface area contributed by atoms with Crippen LogP contribution in [0.25, 0.3) is 11.3 Å². The lowest BCUT2D eigenvalue weighted by Gasteiger charge is -2.28. The lowest BCUT2D eigenvalue weighted by atomic mass is 10.1. The highest BCUT2D eigenvalue weighted by Gasteiger charge is 2.32.